The minimum atomic E-state index is 0.458. The third-order valence-electron chi connectivity index (χ3n) is 2.15. The van der Waals surface area contributed by atoms with Crippen LogP contribution < -0.4 is 0 Å². The molecule has 0 saturated carbocycles. The van der Waals surface area contributed by atoms with E-state index in [1.165, 1.54) is 0 Å². The van der Waals surface area contributed by atoms with Crippen LogP contribution in [-0.2, 0) is 9.47 Å². The molecule has 98 valence electrons. The molecule has 0 rings (SSSR count). The third kappa shape index (κ3) is 9.13. The highest BCUT2D eigenvalue weighted by Crippen LogP contribution is 2.02. The second-order valence-corrected chi connectivity index (χ2v) is 5.47. The fraction of sp³-hybridized carbons (Fsp3) is 1.00. The van der Waals surface area contributed by atoms with Gasteiger partial charge >= 0.3 is 0 Å². The Morgan fingerprint density at radius 1 is 0.750 bits per heavy atom. The monoisotopic (exact) mass is 231 g/mol. The van der Waals surface area contributed by atoms with Crippen molar-refractivity contribution in [3.8, 4) is 0 Å². The molecule has 0 heterocycles. The molecular weight excluding hydrogens is 202 g/mol. The van der Waals surface area contributed by atoms with Gasteiger partial charge in [0.15, 0.2) is 0 Å². The van der Waals surface area contributed by atoms with Crippen LogP contribution in [0.3, 0.4) is 0 Å². The van der Waals surface area contributed by atoms with Crippen molar-refractivity contribution < 1.29 is 9.47 Å². The van der Waals surface area contributed by atoms with Gasteiger partial charge in [-0.2, -0.15) is 0 Å². The summed E-state index contributed by atoms with van der Waals surface area (Å²) < 4.78 is 11.2. The predicted molar refractivity (Wildman–Crippen MR) is 68.3 cm³/mol. The van der Waals surface area contributed by atoms with Gasteiger partial charge < -0.3 is 9.47 Å². The van der Waals surface area contributed by atoms with Gasteiger partial charge in [0, 0.05) is 6.04 Å². The van der Waals surface area contributed by atoms with E-state index in [0.29, 0.717) is 31.3 Å². The summed E-state index contributed by atoms with van der Waals surface area (Å²) in [5.41, 5.74) is 0. The zero-order valence-electron chi connectivity index (χ0n) is 11.8. The largest absolute Gasteiger partial charge is 0.366 e. The van der Waals surface area contributed by atoms with Crippen LogP contribution in [0.2, 0.25) is 0 Å². The van der Waals surface area contributed by atoms with Gasteiger partial charge in [0.25, 0.3) is 0 Å². The van der Waals surface area contributed by atoms with Crippen molar-refractivity contribution in [1.82, 2.24) is 4.90 Å². The number of hydrogen-bond donors (Lipinski definition) is 0. The summed E-state index contributed by atoms with van der Waals surface area (Å²) in [5, 5.41) is 0. The van der Waals surface area contributed by atoms with E-state index in [0.717, 1.165) is 13.2 Å². The van der Waals surface area contributed by atoms with Crippen molar-refractivity contribution >= 4 is 0 Å². The van der Waals surface area contributed by atoms with Crippen molar-refractivity contribution in [3.63, 3.8) is 0 Å². The minimum absolute atomic E-state index is 0.458. The van der Waals surface area contributed by atoms with Gasteiger partial charge in [0.05, 0.1) is 13.2 Å². The standard InChI is InChI=1S/C13H29NO2/c1-11(2)7-15-9-14(13(5)6)10-16-8-12(3)4/h11-13H,7-10H2,1-6H3. The molecular formula is C13H29NO2. The molecule has 0 N–H and O–H groups in total. The summed E-state index contributed by atoms with van der Waals surface area (Å²) in [6.45, 7) is 15.9. The first-order chi connectivity index (χ1) is 7.43. The molecule has 0 aromatic carbocycles. The maximum Gasteiger partial charge on any atom is 0.101 e. The van der Waals surface area contributed by atoms with Crippen LogP contribution >= 0.6 is 0 Å². The molecule has 0 fully saturated rings. The van der Waals surface area contributed by atoms with E-state index in [4.69, 9.17) is 9.47 Å². The van der Waals surface area contributed by atoms with Gasteiger partial charge in [-0.1, -0.05) is 27.7 Å². The van der Waals surface area contributed by atoms with Gasteiger partial charge in [0.2, 0.25) is 0 Å². The molecule has 3 nitrogen and oxygen atoms in total. The van der Waals surface area contributed by atoms with Crippen LogP contribution in [0.1, 0.15) is 41.5 Å². The summed E-state index contributed by atoms with van der Waals surface area (Å²) in [7, 11) is 0. The fourth-order valence-electron chi connectivity index (χ4n) is 1.15. The van der Waals surface area contributed by atoms with E-state index in [-0.39, 0.29) is 0 Å². The van der Waals surface area contributed by atoms with Crippen molar-refractivity contribution in [2.24, 2.45) is 11.8 Å². The molecule has 0 atom stereocenters. The first-order valence-electron chi connectivity index (χ1n) is 6.33. The molecule has 0 aromatic heterocycles. The third-order valence-corrected chi connectivity index (χ3v) is 2.15. The van der Waals surface area contributed by atoms with E-state index >= 15 is 0 Å². The van der Waals surface area contributed by atoms with Crippen LogP contribution in [0.15, 0.2) is 0 Å². The summed E-state index contributed by atoms with van der Waals surface area (Å²) in [5.74, 6) is 1.18. The molecule has 0 bridgehead atoms. The lowest BCUT2D eigenvalue weighted by Gasteiger charge is -2.26. The van der Waals surface area contributed by atoms with Gasteiger partial charge in [-0.25, -0.2) is 0 Å². The number of ether oxygens (including phenoxy) is 2. The minimum Gasteiger partial charge on any atom is -0.366 e. The smallest absolute Gasteiger partial charge is 0.101 e. The Labute approximate surface area is 101 Å². The first-order valence-corrected chi connectivity index (χ1v) is 6.33. The molecule has 0 aliphatic rings. The summed E-state index contributed by atoms with van der Waals surface area (Å²) in [6.07, 6.45) is 0. The molecule has 3 heteroatoms. The molecule has 0 aliphatic heterocycles. The van der Waals surface area contributed by atoms with Gasteiger partial charge in [-0.05, 0) is 25.7 Å². The average molecular weight is 231 g/mol. The molecule has 0 amide bonds. The Morgan fingerprint density at radius 2 is 1.12 bits per heavy atom. The topological polar surface area (TPSA) is 21.7 Å². The lowest BCUT2D eigenvalue weighted by molar-refractivity contribution is -0.0691. The second kappa shape index (κ2) is 8.97. The molecule has 0 saturated heterocycles. The summed E-state index contributed by atoms with van der Waals surface area (Å²) >= 11 is 0. The van der Waals surface area contributed by atoms with Gasteiger partial charge in [0.1, 0.15) is 13.5 Å². The highest BCUT2D eigenvalue weighted by atomic mass is 16.5. The zero-order chi connectivity index (χ0) is 12.6. The summed E-state index contributed by atoms with van der Waals surface area (Å²) in [6, 6.07) is 0.458. The Bertz CT molecular complexity index is 144. The Hall–Kier alpha value is -0.120. The summed E-state index contributed by atoms with van der Waals surface area (Å²) in [4.78, 5) is 2.20. The first kappa shape index (κ1) is 15.9. The predicted octanol–water partition coefficient (Wildman–Crippen LogP) is 2.96. The van der Waals surface area contributed by atoms with E-state index < -0.39 is 0 Å². The van der Waals surface area contributed by atoms with Crippen LogP contribution in [-0.4, -0.2) is 37.6 Å². The van der Waals surface area contributed by atoms with Crippen LogP contribution in [0.4, 0.5) is 0 Å². The van der Waals surface area contributed by atoms with E-state index in [1.54, 1.807) is 0 Å². The average Bonchev–Trinajstić information content (AvgIpc) is 2.14. The van der Waals surface area contributed by atoms with Gasteiger partial charge in [-0.3, -0.25) is 4.90 Å². The lowest BCUT2D eigenvalue weighted by Crippen LogP contribution is -2.36. The van der Waals surface area contributed by atoms with Gasteiger partial charge in [-0.15, -0.1) is 0 Å². The molecule has 0 aromatic rings. The molecule has 0 aliphatic carbocycles. The van der Waals surface area contributed by atoms with E-state index in [2.05, 4.69) is 46.4 Å². The maximum atomic E-state index is 5.62. The van der Waals surface area contributed by atoms with Crippen molar-refractivity contribution in [2.45, 2.75) is 47.6 Å². The van der Waals surface area contributed by atoms with Crippen LogP contribution in [0, 0.1) is 11.8 Å². The fourth-order valence-corrected chi connectivity index (χ4v) is 1.15. The van der Waals surface area contributed by atoms with E-state index in [9.17, 15) is 0 Å². The second-order valence-electron chi connectivity index (χ2n) is 5.47. The number of rotatable bonds is 9. The molecule has 0 unspecified atom stereocenters. The van der Waals surface area contributed by atoms with Crippen LogP contribution in [0.25, 0.3) is 0 Å². The molecule has 16 heavy (non-hydrogen) atoms. The van der Waals surface area contributed by atoms with E-state index in [1.807, 2.05) is 0 Å². The lowest BCUT2D eigenvalue weighted by atomic mass is 10.2. The Balaban J connectivity index is 3.71. The molecule has 0 spiro atoms. The maximum absolute atomic E-state index is 5.62. The quantitative estimate of drug-likeness (QED) is 0.569. The number of hydrogen-bond acceptors (Lipinski definition) is 3. The molecule has 0 radical (unpaired) electrons. The normalized spacial score (nSPS) is 12.4. The zero-order valence-corrected chi connectivity index (χ0v) is 11.8. The highest BCUT2D eigenvalue weighted by molar-refractivity contribution is 4.54. The Kier molecular flexibility index (Phi) is 8.90. The van der Waals surface area contributed by atoms with Crippen LogP contribution in [0.5, 0.6) is 0 Å². The number of nitrogens with zero attached hydrogens (tertiary/aromatic N) is 1. The highest BCUT2D eigenvalue weighted by Gasteiger charge is 2.10. The SMILES string of the molecule is CC(C)COCN(COCC(C)C)C(C)C. The van der Waals surface area contributed by atoms with Crippen molar-refractivity contribution in [2.75, 3.05) is 26.7 Å². The van der Waals surface area contributed by atoms with Crippen molar-refractivity contribution in [3.05, 3.63) is 0 Å². The Morgan fingerprint density at radius 3 is 1.38 bits per heavy atom. The van der Waals surface area contributed by atoms with Crippen molar-refractivity contribution in [1.29, 1.82) is 0 Å².